The largest absolute Gasteiger partial charge is 0.467 e. The highest BCUT2D eigenvalue weighted by Crippen LogP contribution is 2.30. The summed E-state index contributed by atoms with van der Waals surface area (Å²) in [5.41, 5.74) is 4.52. The van der Waals surface area contributed by atoms with Gasteiger partial charge in [0.15, 0.2) is 5.82 Å². The van der Waals surface area contributed by atoms with Crippen molar-refractivity contribution in [3.05, 3.63) is 83.4 Å². The van der Waals surface area contributed by atoms with Crippen LogP contribution >= 0.6 is 0 Å². The van der Waals surface area contributed by atoms with Crippen LogP contribution in [-0.4, -0.2) is 93.7 Å². The van der Waals surface area contributed by atoms with Crippen molar-refractivity contribution in [1.29, 1.82) is 0 Å². The predicted octanol–water partition coefficient (Wildman–Crippen LogP) is 4.39. The number of carbonyl (C=O) groups is 6. The number of carbonyl (C=O) groups excluding carboxylic acids is 6. The second kappa shape index (κ2) is 19.6. The maximum absolute atomic E-state index is 13.9. The van der Waals surface area contributed by atoms with E-state index in [4.69, 9.17) is 9.47 Å². The molecule has 2 heterocycles. The summed E-state index contributed by atoms with van der Waals surface area (Å²) in [6.45, 7) is 7.80. The summed E-state index contributed by atoms with van der Waals surface area (Å²) in [4.78, 5) is 77.3. The number of alkyl carbamates (subject to hydrolysis) is 1. The molecule has 2 aliphatic rings. The molecule has 0 spiro atoms. The number of tetrazole rings is 1. The molecule has 17 nitrogen and oxygen atoms in total. The Labute approximate surface area is 353 Å². The van der Waals surface area contributed by atoms with Gasteiger partial charge in [0.1, 0.15) is 23.7 Å². The molecule has 5 amide bonds. The van der Waals surface area contributed by atoms with Crippen molar-refractivity contribution in [3.63, 3.8) is 0 Å². The van der Waals surface area contributed by atoms with E-state index in [9.17, 15) is 28.8 Å². The molecule has 1 aliphatic heterocycles. The zero-order valence-corrected chi connectivity index (χ0v) is 35.0. The molecule has 17 heteroatoms. The van der Waals surface area contributed by atoms with E-state index in [-0.39, 0.29) is 30.1 Å². The van der Waals surface area contributed by atoms with E-state index in [1.807, 2.05) is 58.0 Å². The fraction of sp³-hybridized carbons (Fsp3) is 0.432. The van der Waals surface area contributed by atoms with E-state index in [2.05, 4.69) is 47.2 Å². The molecule has 6 rings (SSSR count). The van der Waals surface area contributed by atoms with Crippen LogP contribution in [0.1, 0.15) is 80.8 Å². The average molecular weight is 836 g/mol. The van der Waals surface area contributed by atoms with E-state index in [1.165, 1.54) is 7.11 Å². The first-order chi connectivity index (χ1) is 29.1. The first-order valence-corrected chi connectivity index (χ1v) is 20.5. The Morgan fingerprint density at radius 1 is 0.885 bits per heavy atom. The van der Waals surface area contributed by atoms with Gasteiger partial charge in [0, 0.05) is 35.7 Å². The number of ether oxygens (including phenoxy) is 2. The molecule has 1 aliphatic carbocycles. The number of benzene rings is 3. The average Bonchev–Trinajstić information content (AvgIpc) is 3.79. The van der Waals surface area contributed by atoms with Crippen LogP contribution in [0.15, 0.2) is 66.7 Å². The summed E-state index contributed by atoms with van der Waals surface area (Å²) in [5, 5.41) is 28.0. The highest BCUT2D eigenvalue weighted by Gasteiger charge is 2.34. The van der Waals surface area contributed by atoms with E-state index < -0.39 is 47.6 Å². The fourth-order valence-corrected chi connectivity index (χ4v) is 7.58. The first kappa shape index (κ1) is 43.9. The number of piperidine rings is 1. The van der Waals surface area contributed by atoms with Crippen LogP contribution in [0.5, 0.6) is 0 Å². The van der Waals surface area contributed by atoms with Crippen molar-refractivity contribution >= 4 is 41.4 Å². The number of methoxy groups -OCH3 is 1. The van der Waals surface area contributed by atoms with Crippen molar-refractivity contribution in [2.45, 2.75) is 96.4 Å². The number of amides is 5. The summed E-state index contributed by atoms with van der Waals surface area (Å²) in [6.07, 6.45) is 3.18. The number of rotatable bonds is 13. The SMILES string of the molecule is COC(=O)C1CCC(NC(=O)c2ccc(-c3ccc(C[C@H](NC(=O)[C@H]4CC[C@H](CNC(=O)OC(C)(C)C)CC4)C(=O)Nc4ccc(-c5nnn[nH]5)cc4)cc3)c(C)c2)C(=O)N1. The smallest absolute Gasteiger partial charge is 0.407 e. The van der Waals surface area contributed by atoms with Gasteiger partial charge >= 0.3 is 12.1 Å². The van der Waals surface area contributed by atoms with Crippen molar-refractivity contribution < 1.29 is 38.2 Å². The molecular formula is C44H53N9O8. The number of aromatic nitrogens is 4. The summed E-state index contributed by atoms with van der Waals surface area (Å²) in [6, 6.07) is 17.6. The van der Waals surface area contributed by atoms with Crippen molar-refractivity contribution in [3.8, 4) is 22.5 Å². The quantitative estimate of drug-likeness (QED) is 0.103. The zero-order chi connectivity index (χ0) is 43.7. The number of nitrogens with zero attached hydrogens (tertiary/aromatic N) is 3. The lowest BCUT2D eigenvalue weighted by molar-refractivity contribution is -0.146. The van der Waals surface area contributed by atoms with Gasteiger partial charge in [-0.05, 0) is 141 Å². The number of aromatic amines is 1. The second-order valence-electron chi connectivity index (χ2n) is 16.6. The predicted molar refractivity (Wildman–Crippen MR) is 225 cm³/mol. The molecule has 322 valence electrons. The molecule has 61 heavy (non-hydrogen) atoms. The van der Waals surface area contributed by atoms with Crippen molar-refractivity contribution in [2.75, 3.05) is 19.0 Å². The third kappa shape index (κ3) is 12.0. The molecule has 1 aromatic heterocycles. The lowest BCUT2D eigenvalue weighted by Crippen LogP contribution is -2.56. The zero-order valence-electron chi connectivity index (χ0n) is 35.0. The van der Waals surface area contributed by atoms with Crippen LogP contribution in [0.4, 0.5) is 10.5 Å². The van der Waals surface area contributed by atoms with Gasteiger partial charge in [0.05, 0.1) is 7.11 Å². The van der Waals surface area contributed by atoms with Gasteiger partial charge in [-0.15, -0.1) is 5.10 Å². The van der Waals surface area contributed by atoms with Gasteiger partial charge in [-0.3, -0.25) is 19.2 Å². The minimum absolute atomic E-state index is 0.197. The van der Waals surface area contributed by atoms with E-state index >= 15 is 0 Å². The molecule has 1 saturated heterocycles. The maximum Gasteiger partial charge on any atom is 0.407 e. The Morgan fingerprint density at radius 3 is 2.21 bits per heavy atom. The van der Waals surface area contributed by atoms with Gasteiger partial charge in [-0.2, -0.15) is 0 Å². The minimum Gasteiger partial charge on any atom is -0.467 e. The van der Waals surface area contributed by atoms with Gasteiger partial charge in [-0.25, -0.2) is 14.7 Å². The highest BCUT2D eigenvalue weighted by molar-refractivity contribution is 5.99. The van der Waals surface area contributed by atoms with E-state index in [0.717, 1.165) is 40.7 Å². The number of hydrogen-bond acceptors (Lipinski definition) is 11. The van der Waals surface area contributed by atoms with Gasteiger partial charge in [0.2, 0.25) is 17.7 Å². The monoisotopic (exact) mass is 835 g/mol. The molecule has 3 aromatic carbocycles. The summed E-state index contributed by atoms with van der Waals surface area (Å²) in [5.74, 6) is -1.51. The molecule has 4 aromatic rings. The third-order valence-electron chi connectivity index (χ3n) is 10.9. The fourth-order valence-electron chi connectivity index (χ4n) is 7.58. The number of anilines is 1. The minimum atomic E-state index is -0.889. The number of esters is 1. The van der Waals surface area contributed by atoms with Crippen LogP contribution in [0.25, 0.3) is 22.5 Å². The second-order valence-corrected chi connectivity index (χ2v) is 16.6. The molecule has 2 unspecified atom stereocenters. The molecule has 2 fully saturated rings. The standard InChI is InChI=1S/C44H53N9O8/c1-25-22-31(39(55)47-34-20-21-35(42(58)60-5)48-40(34)56)16-19-33(25)28-10-6-26(7-11-28)23-36(41(57)46-32-17-14-29(15-18-32)37-50-52-53-51-37)49-38(54)30-12-8-27(9-13-30)24-45-43(59)61-44(2,3)4/h6-7,10-11,14-19,22,27,30,34-36H,8-9,12-13,20-21,23-24H2,1-5H3,(H,45,59)(H,46,57)(H,47,55)(H,48,56)(H,49,54)(H,50,51,52,53)/t27-,30-,34?,35?,36-/m0/s1. The molecular weight excluding hydrogens is 783 g/mol. The number of nitrogens with one attached hydrogen (secondary N) is 6. The number of H-pyrrole nitrogens is 1. The van der Waals surface area contributed by atoms with Gasteiger partial charge < -0.3 is 36.1 Å². The van der Waals surface area contributed by atoms with E-state index in [1.54, 1.807) is 36.4 Å². The lowest BCUT2D eigenvalue weighted by atomic mass is 9.81. The Balaban J connectivity index is 1.09. The van der Waals surface area contributed by atoms with E-state index in [0.29, 0.717) is 49.3 Å². The van der Waals surface area contributed by atoms with Crippen molar-refractivity contribution in [1.82, 2.24) is 41.9 Å². The van der Waals surface area contributed by atoms with Gasteiger partial charge in [-0.1, -0.05) is 30.3 Å². The number of hydrogen-bond donors (Lipinski definition) is 6. The Morgan fingerprint density at radius 2 is 1.59 bits per heavy atom. The first-order valence-electron chi connectivity index (χ1n) is 20.5. The van der Waals surface area contributed by atoms with Crippen LogP contribution in [-0.2, 0) is 35.1 Å². The maximum atomic E-state index is 13.9. The van der Waals surface area contributed by atoms with Crippen LogP contribution in [0.2, 0.25) is 0 Å². The molecule has 3 atom stereocenters. The Kier molecular flexibility index (Phi) is 14.1. The Hall–Kier alpha value is -6.65. The van der Waals surface area contributed by atoms with Crippen LogP contribution in [0.3, 0.4) is 0 Å². The molecule has 0 radical (unpaired) electrons. The molecule has 6 N–H and O–H groups in total. The highest BCUT2D eigenvalue weighted by atomic mass is 16.6. The summed E-state index contributed by atoms with van der Waals surface area (Å²) >= 11 is 0. The normalized spacial score (nSPS) is 19.4. The Bertz CT molecular complexity index is 2200. The van der Waals surface area contributed by atoms with Crippen LogP contribution in [0, 0.1) is 18.8 Å². The summed E-state index contributed by atoms with van der Waals surface area (Å²) in [7, 11) is 1.26. The number of aryl methyl sites for hydroxylation is 1. The molecule has 1 saturated carbocycles. The molecule has 0 bridgehead atoms. The summed E-state index contributed by atoms with van der Waals surface area (Å²) < 4.78 is 10.1. The lowest BCUT2D eigenvalue weighted by Gasteiger charge is -2.29. The van der Waals surface area contributed by atoms with Crippen LogP contribution < -0.4 is 26.6 Å². The van der Waals surface area contributed by atoms with Gasteiger partial charge in [0.25, 0.3) is 5.91 Å². The van der Waals surface area contributed by atoms with Crippen molar-refractivity contribution in [2.24, 2.45) is 11.8 Å². The topological polar surface area (TPSA) is 235 Å². The third-order valence-corrected chi connectivity index (χ3v) is 10.9.